The maximum atomic E-state index is 13.0. The Balaban J connectivity index is 1.30. The van der Waals surface area contributed by atoms with Gasteiger partial charge in [-0.1, -0.05) is 41.1 Å². The van der Waals surface area contributed by atoms with Crippen molar-refractivity contribution < 1.29 is 4.79 Å². The molecule has 8 nitrogen and oxygen atoms in total. The first-order valence-electron chi connectivity index (χ1n) is 9.85. The van der Waals surface area contributed by atoms with Crippen molar-refractivity contribution in [2.45, 2.75) is 6.42 Å². The van der Waals surface area contributed by atoms with Crippen LogP contribution in [0.5, 0.6) is 0 Å². The van der Waals surface area contributed by atoms with E-state index in [2.05, 4.69) is 25.2 Å². The first kappa shape index (κ1) is 18.6. The molecule has 2 aromatic heterocycles. The number of benzene rings is 2. The molecule has 1 fully saturated rings. The molecule has 1 aliphatic rings. The standard InChI is InChI=1S/C21H20ClN7O/c22-15-6-1-4-9-19(15)29-14-18(25-26-29)20(30)27-10-5-11-28(13-12-27)21-23-16-7-2-3-8-17(16)24-21/h1-4,6-9,14H,5,10-13H2,(H,23,24). The Morgan fingerprint density at radius 2 is 1.83 bits per heavy atom. The van der Waals surface area contributed by atoms with Gasteiger partial charge in [0.2, 0.25) is 5.95 Å². The monoisotopic (exact) mass is 421 g/mol. The van der Waals surface area contributed by atoms with Gasteiger partial charge >= 0.3 is 0 Å². The maximum absolute atomic E-state index is 13.0. The largest absolute Gasteiger partial charge is 0.341 e. The van der Waals surface area contributed by atoms with Gasteiger partial charge in [0.15, 0.2) is 5.69 Å². The third-order valence-corrected chi connectivity index (χ3v) is 5.59. The SMILES string of the molecule is O=C(c1cn(-c2ccccc2Cl)nn1)N1CCCN(c2nc3ccccc3[nH]2)CC1. The quantitative estimate of drug-likeness (QED) is 0.549. The molecule has 1 saturated heterocycles. The lowest BCUT2D eigenvalue weighted by molar-refractivity contribution is 0.0761. The third-order valence-electron chi connectivity index (χ3n) is 5.27. The predicted octanol–water partition coefficient (Wildman–Crippen LogP) is 3.15. The van der Waals surface area contributed by atoms with Crippen LogP contribution in [-0.2, 0) is 0 Å². The van der Waals surface area contributed by atoms with Gasteiger partial charge in [-0.3, -0.25) is 4.79 Å². The first-order chi connectivity index (χ1) is 14.7. The Kier molecular flexibility index (Phi) is 4.84. The zero-order valence-electron chi connectivity index (χ0n) is 16.2. The number of amides is 1. The van der Waals surface area contributed by atoms with Crippen LogP contribution in [0.3, 0.4) is 0 Å². The second-order valence-corrected chi connectivity index (χ2v) is 7.62. The number of imidazole rings is 1. The second kappa shape index (κ2) is 7.79. The molecular formula is C21H20ClN7O. The molecule has 5 rings (SSSR count). The molecule has 30 heavy (non-hydrogen) atoms. The zero-order chi connectivity index (χ0) is 20.5. The van der Waals surface area contributed by atoms with Crippen molar-refractivity contribution in [1.82, 2.24) is 29.9 Å². The average molecular weight is 422 g/mol. The Labute approximate surface area is 178 Å². The third kappa shape index (κ3) is 3.50. The Hall–Kier alpha value is -3.39. The van der Waals surface area contributed by atoms with E-state index < -0.39 is 0 Å². The van der Waals surface area contributed by atoms with Crippen molar-refractivity contribution in [3.05, 3.63) is 65.4 Å². The van der Waals surface area contributed by atoms with E-state index in [1.165, 1.54) is 4.68 Å². The maximum Gasteiger partial charge on any atom is 0.276 e. The average Bonchev–Trinajstić information content (AvgIpc) is 3.35. The molecule has 0 radical (unpaired) electrons. The number of hydrogen-bond donors (Lipinski definition) is 1. The number of para-hydroxylation sites is 3. The molecule has 1 amide bonds. The van der Waals surface area contributed by atoms with Crippen molar-refractivity contribution in [3.63, 3.8) is 0 Å². The van der Waals surface area contributed by atoms with Crippen LogP contribution in [0.15, 0.2) is 54.7 Å². The Morgan fingerprint density at radius 3 is 2.70 bits per heavy atom. The summed E-state index contributed by atoms with van der Waals surface area (Å²) in [5, 5.41) is 8.71. The summed E-state index contributed by atoms with van der Waals surface area (Å²) in [7, 11) is 0. The lowest BCUT2D eigenvalue weighted by atomic mass is 10.3. The summed E-state index contributed by atoms with van der Waals surface area (Å²) < 4.78 is 1.54. The molecule has 9 heteroatoms. The molecule has 1 aliphatic heterocycles. The van der Waals surface area contributed by atoms with E-state index in [4.69, 9.17) is 11.6 Å². The normalized spacial score (nSPS) is 14.8. The van der Waals surface area contributed by atoms with E-state index in [0.29, 0.717) is 36.0 Å². The van der Waals surface area contributed by atoms with E-state index in [1.54, 1.807) is 12.3 Å². The highest BCUT2D eigenvalue weighted by Crippen LogP contribution is 2.20. The number of nitrogens with zero attached hydrogens (tertiary/aromatic N) is 6. The molecule has 0 aliphatic carbocycles. The lowest BCUT2D eigenvalue weighted by Gasteiger charge is -2.20. The molecule has 0 atom stereocenters. The fourth-order valence-electron chi connectivity index (χ4n) is 3.70. The van der Waals surface area contributed by atoms with Crippen LogP contribution in [0.25, 0.3) is 16.7 Å². The van der Waals surface area contributed by atoms with E-state index in [-0.39, 0.29) is 5.91 Å². The smallest absolute Gasteiger partial charge is 0.276 e. The van der Waals surface area contributed by atoms with Crippen LogP contribution in [0, 0.1) is 0 Å². The number of rotatable bonds is 3. The fourth-order valence-corrected chi connectivity index (χ4v) is 3.92. The van der Waals surface area contributed by atoms with Gasteiger partial charge in [-0.15, -0.1) is 5.10 Å². The van der Waals surface area contributed by atoms with Gasteiger partial charge in [0.1, 0.15) is 0 Å². The molecule has 0 spiro atoms. The number of halogens is 1. The van der Waals surface area contributed by atoms with Crippen LogP contribution >= 0.6 is 11.6 Å². The minimum atomic E-state index is -0.125. The molecule has 152 valence electrons. The minimum Gasteiger partial charge on any atom is -0.341 e. The number of carbonyl (C=O) groups excluding carboxylic acids is 1. The minimum absolute atomic E-state index is 0.125. The summed E-state index contributed by atoms with van der Waals surface area (Å²) in [5.41, 5.74) is 2.96. The Morgan fingerprint density at radius 1 is 1.00 bits per heavy atom. The van der Waals surface area contributed by atoms with Crippen molar-refractivity contribution in [2.24, 2.45) is 0 Å². The first-order valence-corrected chi connectivity index (χ1v) is 10.2. The number of anilines is 1. The number of H-pyrrole nitrogens is 1. The number of hydrogen-bond acceptors (Lipinski definition) is 5. The highest BCUT2D eigenvalue weighted by molar-refractivity contribution is 6.32. The number of aromatic amines is 1. The van der Waals surface area contributed by atoms with E-state index in [0.717, 1.165) is 29.9 Å². The summed E-state index contributed by atoms with van der Waals surface area (Å²) in [6, 6.07) is 15.3. The zero-order valence-corrected chi connectivity index (χ0v) is 17.0. The number of carbonyl (C=O) groups is 1. The number of nitrogens with one attached hydrogen (secondary N) is 1. The van der Waals surface area contributed by atoms with Gasteiger partial charge in [0.05, 0.1) is 27.9 Å². The second-order valence-electron chi connectivity index (χ2n) is 7.21. The van der Waals surface area contributed by atoms with Gasteiger partial charge in [0.25, 0.3) is 5.91 Å². The molecule has 4 aromatic rings. The molecule has 0 unspecified atom stereocenters. The highest BCUT2D eigenvalue weighted by Gasteiger charge is 2.24. The van der Waals surface area contributed by atoms with E-state index in [9.17, 15) is 4.79 Å². The van der Waals surface area contributed by atoms with Crippen LogP contribution in [0.4, 0.5) is 5.95 Å². The Bertz CT molecular complexity index is 1170. The molecule has 2 aromatic carbocycles. The molecule has 3 heterocycles. The van der Waals surface area contributed by atoms with Gasteiger partial charge in [-0.05, 0) is 30.7 Å². The predicted molar refractivity (Wildman–Crippen MR) is 115 cm³/mol. The summed E-state index contributed by atoms with van der Waals surface area (Å²) >= 11 is 6.22. The molecular weight excluding hydrogens is 402 g/mol. The van der Waals surface area contributed by atoms with Gasteiger partial charge in [-0.25, -0.2) is 9.67 Å². The fraction of sp³-hybridized carbons (Fsp3) is 0.238. The van der Waals surface area contributed by atoms with Gasteiger partial charge < -0.3 is 14.8 Å². The van der Waals surface area contributed by atoms with Gasteiger partial charge in [-0.2, -0.15) is 0 Å². The van der Waals surface area contributed by atoms with E-state index >= 15 is 0 Å². The number of fused-ring (bicyclic) bond motifs is 1. The summed E-state index contributed by atoms with van der Waals surface area (Å²) in [4.78, 5) is 25.1. The lowest BCUT2D eigenvalue weighted by Crippen LogP contribution is -2.35. The summed E-state index contributed by atoms with van der Waals surface area (Å²) in [5.74, 6) is 0.718. The van der Waals surface area contributed by atoms with Crippen LogP contribution in [0.1, 0.15) is 16.9 Å². The number of aromatic nitrogens is 5. The van der Waals surface area contributed by atoms with Crippen LogP contribution < -0.4 is 4.90 Å². The summed E-state index contributed by atoms with van der Waals surface area (Å²) in [6.45, 7) is 2.78. The van der Waals surface area contributed by atoms with Crippen LogP contribution in [-0.4, -0.2) is 61.9 Å². The van der Waals surface area contributed by atoms with Crippen molar-refractivity contribution in [2.75, 3.05) is 31.1 Å². The van der Waals surface area contributed by atoms with E-state index in [1.807, 2.05) is 47.4 Å². The van der Waals surface area contributed by atoms with Crippen LogP contribution in [0.2, 0.25) is 5.02 Å². The summed E-state index contributed by atoms with van der Waals surface area (Å²) in [6.07, 6.45) is 2.48. The molecule has 0 saturated carbocycles. The topological polar surface area (TPSA) is 82.9 Å². The molecule has 1 N–H and O–H groups in total. The van der Waals surface area contributed by atoms with Crippen molar-refractivity contribution in [1.29, 1.82) is 0 Å². The van der Waals surface area contributed by atoms with Crippen molar-refractivity contribution in [3.8, 4) is 5.69 Å². The van der Waals surface area contributed by atoms with Crippen molar-refractivity contribution >= 4 is 34.5 Å². The van der Waals surface area contributed by atoms with Gasteiger partial charge in [0, 0.05) is 26.2 Å². The molecule has 0 bridgehead atoms. The highest BCUT2D eigenvalue weighted by atomic mass is 35.5.